The van der Waals surface area contributed by atoms with Gasteiger partial charge in [0.25, 0.3) is 0 Å². The normalized spacial score (nSPS) is 11.2. The largest absolute Gasteiger partial charge is 0.366 e. The summed E-state index contributed by atoms with van der Waals surface area (Å²) in [5, 5.41) is 2.58. The van der Waals surface area contributed by atoms with Gasteiger partial charge in [0.15, 0.2) is 0 Å². The standard InChI is InChI=1S/C17H17F2N3O4S/c18-12-5-8-15(14(19)10-12)27(25,26)21-9-1-2-16(23)22-13-6-3-11(4-7-13)17(20)24/h3-8,10,21H,1-2,9H2,(H2,20,24)(H,22,23). The van der Waals surface area contributed by atoms with Crippen LogP contribution in [0.4, 0.5) is 14.5 Å². The molecule has 2 aromatic carbocycles. The molecule has 0 saturated heterocycles. The van der Waals surface area contributed by atoms with Crippen LogP contribution in [0.1, 0.15) is 23.2 Å². The lowest BCUT2D eigenvalue weighted by Crippen LogP contribution is -2.26. The number of sulfonamides is 1. The fourth-order valence-electron chi connectivity index (χ4n) is 2.17. The van der Waals surface area contributed by atoms with Crippen molar-refractivity contribution in [3.05, 3.63) is 59.7 Å². The maximum atomic E-state index is 13.6. The van der Waals surface area contributed by atoms with Crippen LogP contribution in [0.3, 0.4) is 0 Å². The quantitative estimate of drug-likeness (QED) is 0.588. The van der Waals surface area contributed by atoms with Gasteiger partial charge in [-0.3, -0.25) is 9.59 Å². The Balaban J connectivity index is 1.81. The minimum absolute atomic E-state index is 0.00594. The monoisotopic (exact) mass is 397 g/mol. The molecule has 27 heavy (non-hydrogen) atoms. The van der Waals surface area contributed by atoms with Crippen molar-refractivity contribution in [3.8, 4) is 0 Å². The van der Waals surface area contributed by atoms with Gasteiger partial charge in [-0.25, -0.2) is 21.9 Å². The fourth-order valence-corrected chi connectivity index (χ4v) is 3.30. The van der Waals surface area contributed by atoms with Crippen molar-refractivity contribution in [1.82, 2.24) is 4.72 Å². The zero-order valence-electron chi connectivity index (χ0n) is 14.0. The average Bonchev–Trinajstić information content (AvgIpc) is 2.59. The fraction of sp³-hybridized carbons (Fsp3) is 0.176. The van der Waals surface area contributed by atoms with E-state index in [0.717, 1.165) is 12.1 Å². The van der Waals surface area contributed by atoms with Gasteiger partial charge in [-0.05, 0) is 42.8 Å². The predicted octanol–water partition coefficient (Wildman–Crippen LogP) is 1.76. The molecule has 0 unspecified atom stereocenters. The Kier molecular flexibility index (Phi) is 6.59. The topological polar surface area (TPSA) is 118 Å². The summed E-state index contributed by atoms with van der Waals surface area (Å²) in [4.78, 5) is 22.1. The summed E-state index contributed by atoms with van der Waals surface area (Å²) >= 11 is 0. The highest BCUT2D eigenvalue weighted by Gasteiger charge is 2.19. The first-order valence-corrected chi connectivity index (χ1v) is 9.32. The summed E-state index contributed by atoms with van der Waals surface area (Å²) < 4.78 is 52.5. The first-order chi connectivity index (χ1) is 12.7. The van der Waals surface area contributed by atoms with Crippen LogP contribution in [0.15, 0.2) is 47.4 Å². The molecule has 0 heterocycles. The van der Waals surface area contributed by atoms with Crippen molar-refractivity contribution in [2.45, 2.75) is 17.7 Å². The number of anilines is 1. The number of nitrogens with two attached hydrogens (primary N) is 1. The van der Waals surface area contributed by atoms with Gasteiger partial charge in [0.2, 0.25) is 21.8 Å². The van der Waals surface area contributed by atoms with Crippen LogP contribution >= 0.6 is 0 Å². The predicted molar refractivity (Wildman–Crippen MR) is 94.4 cm³/mol. The van der Waals surface area contributed by atoms with Gasteiger partial charge in [0.05, 0.1) is 0 Å². The highest BCUT2D eigenvalue weighted by atomic mass is 32.2. The Labute approximate surface area is 154 Å². The Morgan fingerprint density at radius 1 is 1.04 bits per heavy atom. The highest BCUT2D eigenvalue weighted by molar-refractivity contribution is 7.89. The number of carbonyl (C=O) groups excluding carboxylic acids is 2. The van der Waals surface area contributed by atoms with Crippen molar-refractivity contribution in [2.75, 3.05) is 11.9 Å². The highest BCUT2D eigenvalue weighted by Crippen LogP contribution is 2.15. The number of hydrogen-bond donors (Lipinski definition) is 3. The van der Waals surface area contributed by atoms with Gasteiger partial charge in [0, 0.05) is 30.3 Å². The van der Waals surface area contributed by atoms with E-state index in [0.29, 0.717) is 17.3 Å². The van der Waals surface area contributed by atoms with E-state index in [1.807, 2.05) is 0 Å². The molecule has 0 aliphatic heterocycles. The molecule has 0 spiro atoms. The van der Waals surface area contributed by atoms with Crippen molar-refractivity contribution in [3.63, 3.8) is 0 Å². The number of rotatable bonds is 8. The van der Waals surface area contributed by atoms with Gasteiger partial charge in [0.1, 0.15) is 16.5 Å². The average molecular weight is 397 g/mol. The Bertz CT molecular complexity index is 947. The number of nitrogens with one attached hydrogen (secondary N) is 2. The number of halogens is 2. The molecule has 0 aliphatic carbocycles. The number of carbonyl (C=O) groups is 2. The van der Waals surface area contributed by atoms with Crippen LogP contribution in [0.25, 0.3) is 0 Å². The summed E-state index contributed by atoms with van der Waals surface area (Å²) in [6.45, 7) is -0.104. The third-order valence-electron chi connectivity index (χ3n) is 3.51. The Morgan fingerprint density at radius 3 is 2.30 bits per heavy atom. The molecule has 0 aliphatic rings. The minimum atomic E-state index is -4.14. The molecule has 2 aromatic rings. The van der Waals surface area contributed by atoms with Gasteiger partial charge in [-0.1, -0.05) is 0 Å². The van der Waals surface area contributed by atoms with Crippen molar-refractivity contribution in [2.24, 2.45) is 5.73 Å². The van der Waals surface area contributed by atoms with E-state index in [1.165, 1.54) is 24.3 Å². The smallest absolute Gasteiger partial charge is 0.248 e. The molecule has 0 fully saturated rings. The zero-order valence-corrected chi connectivity index (χ0v) is 14.9. The summed E-state index contributed by atoms with van der Waals surface area (Å²) in [5.74, 6) is -3.03. The summed E-state index contributed by atoms with van der Waals surface area (Å²) in [6, 6.07) is 8.10. The Hall–Kier alpha value is -2.85. The lowest BCUT2D eigenvalue weighted by molar-refractivity contribution is -0.116. The second-order valence-corrected chi connectivity index (χ2v) is 7.30. The van der Waals surface area contributed by atoms with E-state index in [1.54, 1.807) is 0 Å². The molecule has 2 amide bonds. The van der Waals surface area contributed by atoms with Crippen LogP contribution in [-0.4, -0.2) is 26.8 Å². The van der Waals surface area contributed by atoms with E-state index in [4.69, 9.17) is 5.73 Å². The lowest BCUT2D eigenvalue weighted by atomic mass is 10.2. The molecule has 0 radical (unpaired) electrons. The number of primary amides is 1. The van der Waals surface area contributed by atoms with E-state index in [2.05, 4.69) is 10.0 Å². The first-order valence-electron chi connectivity index (χ1n) is 7.83. The van der Waals surface area contributed by atoms with Crippen molar-refractivity contribution >= 4 is 27.5 Å². The molecule has 0 atom stereocenters. The third kappa shape index (κ3) is 5.83. The van der Waals surface area contributed by atoms with Gasteiger partial charge < -0.3 is 11.1 Å². The molecular weight excluding hydrogens is 380 g/mol. The van der Waals surface area contributed by atoms with Gasteiger partial charge in [-0.15, -0.1) is 0 Å². The number of hydrogen-bond acceptors (Lipinski definition) is 4. The second kappa shape index (κ2) is 8.69. The van der Waals surface area contributed by atoms with E-state index < -0.39 is 32.5 Å². The number of benzene rings is 2. The van der Waals surface area contributed by atoms with Gasteiger partial charge in [-0.2, -0.15) is 0 Å². The molecule has 7 nitrogen and oxygen atoms in total. The molecule has 10 heteroatoms. The lowest BCUT2D eigenvalue weighted by Gasteiger charge is -2.08. The summed E-state index contributed by atoms with van der Waals surface area (Å²) in [5.41, 5.74) is 5.87. The molecule has 4 N–H and O–H groups in total. The third-order valence-corrected chi connectivity index (χ3v) is 5.00. The van der Waals surface area contributed by atoms with Crippen LogP contribution < -0.4 is 15.8 Å². The zero-order chi connectivity index (χ0) is 20.0. The molecule has 0 bridgehead atoms. The van der Waals surface area contributed by atoms with E-state index in [-0.39, 0.29) is 25.3 Å². The molecule has 0 aromatic heterocycles. The minimum Gasteiger partial charge on any atom is -0.366 e. The number of amides is 2. The summed E-state index contributed by atoms with van der Waals surface area (Å²) in [7, 11) is -4.14. The van der Waals surface area contributed by atoms with Crippen LogP contribution in [0.2, 0.25) is 0 Å². The molecule has 2 rings (SSSR count). The van der Waals surface area contributed by atoms with Gasteiger partial charge >= 0.3 is 0 Å². The van der Waals surface area contributed by atoms with Crippen molar-refractivity contribution in [1.29, 1.82) is 0 Å². The van der Waals surface area contributed by atoms with Crippen LogP contribution in [0.5, 0.6) is 0 Å². The maximum absolute atomic E-state index is 13.6. The SMILES string of the molecule is NC(=O)c1ccc(NC(=O)CCCNS(=O)(=O)c2ccc(F)cc2F)cc1. The molecule has 0 saturated carbocycles. The first kappa shape index (κ1) is 20.5. The van der Waals surface area contributed by atoms with E-state index in [9.17, 15) is 26.8 Å². The molecule has 144 valence electrons. The molecular formula is C17H17F2N3O4S. The van der Waals surface area contributed by atoms with Crippen LogP contribution in [0, 0.1) is 11.6 Å². The summed E-state index contributed by atoms with van der Waals surface area (Å²) in [6.07, 6.45) is 0.166. The second-order valence-electron chi connectivity index (χ2n) is 5.57. The van der Waals surface area contributed by atoms with Crippen LogP contribution in [-0.2, 0) is 14.8 Å². The maximum Gasteiger partial charge on any atom is 0.248 e. The van der Waals surface area contributed by atoms with Crippen molar-refractivity contribution < 1.29 is 26.8 Å². The van der Waals surface area contributed by atoms with E-state index >= 15 is 0 Å². The Morgan fingerprint density at radius 2 is 1.70 bits per heavy atom.